The number of benzene rings is 1. The van der Waals surface area contributed by atoms with Crippen molar-refractivity contribution in [3.8, 4) is 11.5 Å². The number of rotatable bonds is 6. The van der Waals surface area contributed by atoms with Crippen molar-refractivity contribution in [2.24, 2.45) is 0 Å². The molecular formula is C14H18O5. The SMILES string of the molecule is C=CCC(OC(=O)OC)c1ccc(OC)c(OC)c1. The van der Waals surface area contributed by atoms with Gasteiger partial charge in [0, 0.05) is 6.42 Å². The van der Waals surface area contributed by atoms with Gasteiger partial charge >= 0.3 is 6.16 Å². The van der Waals surface area contributed by atoms with E-state index in [1.165, 1.54) is 7.11 Å². The molecule has 0 aliphatic rings. The number of hydrogen-bond acceptors (Lipinski definition) is 5. The monoisotopic (exact) mass is 266 g/mol. The zero-order valence-corrected chi connectivity index (χ0v) is 11.3. The number of methoxy groups -OCH3 is 3. The maximum atomic E-state index is 11.2. The van der Waals surface area contributed by atoms with Crippen LogP contribution in [-0.2, 0) is 9.47 Å². The quantitative estimate of drug-likeness (QED) is 0.585. The Hall–Kier alpha value is -2.17. The van der Waals surface area contributed by atoms with Crippen LogP contribution < -0.4 is 9.47 Å². The highest BCUT2D eigenvalue weighted by Gasteiger charge is 2.17. The van der Waals surface area contributed by atoms with Crippen LogP contribution in [0.2, 0.25) is 0 Å². The second kappa shape index (κ2) is 7.31. The van der Waals surface area contributed by atoms with Gasteiger partial charge < -0.3 is 18.9 Å². The third-order valence-electron chi connectivity index (χ3n) is 2.57. The van der Waals surface area contributed by atoms with E-state index in [-0.39, 0.29) is 0 Å². The molecule has 0 bridgehead atoms. The molecule has 104 valence electrons. The number of hydrogen-bond donors (Lipinski definition) is 0. The zero-order chi connectivity index (χ0) is 14.3. The Morgan fingerprint density at radius 3 is 2.47 bits per heavy atom. The first-order valence-electron chi connectivity index (χ1n) is 5.73. The average molecular weight is 266 g/mol. The molecule has 0 radical (unpaired) electrons. The topological polar surface area (TPSA) is 54.0 Å². The minimum absolute atomic E-state index is 0.468. The van der Waals surface area contributed by atoms with E-state index < -0.39 is 12.3 Å². The molecule has 0 amide bonds. The zero-order valence-electron chi connectivity index (χ0n) is 11.3. The van der Waals surface area contributed by atoms with Crippen LogP contribution in [0.3, 0.4) is 0 Å². The molecule has 5 nitrogen and oxygen atoms in total. The lowest BCUT2D eigenvalue weighted by Crippen LogP contribution is -2.11. The van der Waals surface area contributed by atoms with Gasteiger partial charge in [0.25, 0.3) is 0 Å². The molecular weight excluding hydrogens is 248 g/mol. The van der Waals surface area contributed by atoms with Crippen LogP contribution in [0.25, 0.3) is 0 Å². The number of carbonyl (C=O) groups excluding carboxylic acids is 1. The Labute approximate surface area is 112 Å². The lowest BCUT2D eigenvalue weighted by Gasteiger charge is -2.17. The van der Waals surface area contributed by atoms with Crippen LogP contribution in [0, 0.1) is 0 Å². The predicted molar refractivity (Wildman–Crippen MR) is 70.6 cm³/mol. The first-order chi connectivity index (χ1) is 9.15. The van der Waals surface area contributed by atoms with Gasteiger partial charge in [0.15, 0.2) is 11.5 Å². The molecule has 0 aromatic heterocycles. The van der Waals surface area contributed by atoms with E-state index in [9.17, 15) is 4.79 Å². The van der Waals surface area contributed by atoms with Gasteiger partial charge in [0.05, 0.1) is 21.3 Å². The van der Waals surface area contributed by atoms with Crippen molar-refractivity contribution in [2.75, 3.05) is 21.3 Å². The highest BCUT2D eigenvalue weighted by Crippen LogP contribution is 2.32. The van der Waals surface area contributed by atoms with Crippen molar-refractivity contribution in [3.05, 3.63) is 36.4 Å². The molecule has 0 fully saturated rings. The van der Waals surface area contributed by atoms with E-state index in [0.29, 0.717) is 17.9 Å². The van der Waals surface area contributed by atoms with Crippen LogP contribution in [0.4, 0.5) is 4.79 Å². The van der Waals surface area contributed by atoms with Crippen molar-refractivity contribution in [2.45, 2.75) is 12.5 Å². The largest absolute Gasteiger partial charge is 0.508 e. The van der Waals surface area contributed by atoms with Crippen LogP contribution in [0.1, 0.15) is 18.1 Å². The van der Waals surface area contributed by atoms with Crippen LogP contribution >= 0.6 is 0 Å². The Balaban J connectivity index is 3.01. The summed E-state index contributed by atoms with van der Waals surface area (Å²) in [7, 11) is 4.37. The van der Waals surface area contributed by atoms with Gasteiger partial charge in [-0.1, -0.05) is 12.1 Å². The summed E-state index contributed by atoms with van der Waals surface area (Å²) >= 11 is 0. The summed E-state index contributed by atoms with van der Waals surface area (Å²) in [6, 6.07) is 5.32. The third kappa shape index (κ3) is 3.91. The molecule has 1 atom stereocenters. The molecule has 0 spiro atoms. The summed E-state index contributed by atoms with van der Waals surface area (Å²) in [4.78, 5) is 11.2. The van der Waals surface area contributed by atoms with Crippen molar-refractivity contribution < 1.29 is 23.7 Å². The van der Waals surface area contributed by atoms with Gasteiger partial charge in [-0.25, -0.2) is 4.79 Å². The lowest BCUT2D eigenvalue weighted by molar-refractivity contribution is 0.0373. The maximum Gasteiger partial charge on any atom is 0.508 e. The highest BCUT2D eigenvalue weighted by atomic mass is 16.7. The predicted octanol–water partition coefficient (Wildman–Crippen LogP) is 3.10. The molecule has 0 N–H and O–H groups in total. The molecule has 19 heavy (non-hydrogen) atoms. The van der Waals surface area contributed by atoms with Crippen molar-refractivity contribution in [1.29, 1.82) is 0 Å². The van der Waals surface area contributed by atoms with Crippen LogP contribution in [0.5, 0.6) is 11.5 Å². The fraction of sp³-hybridized carbons (Fsp3) is 0.357. The maximum absolute atomic E-state index is 11.2. The standard InChI is InChI=1S/C14H18O5/c1-5-6-11(19-14(15)18-4)10-7-8-12(16-2)13(9-10)17-3/h5,7-9,11H,1,6H2,2-4H3. The van der Waals surface area contributed by atoms with E-state index in [1.807, 2.05) is 0 Å². The number of carbonyl (C=O) groups is 1. The van der Waals surface area contributed by atoms with Crippen LogP contribution in [-0.4, -0.2) is 27.5 Å². The van der Waals surface area contributed by atoms with Crippen molar-refractivity contribution in [1.82, 2.24) is 0 Å². The fourth-order valence-electron chi connectivity index (χ4n) is 1.62. The first-order valence-corrected chi connectivity index (χ1v) is 5.73. The minimum atomic E-state index is -0.735. The molecule has 1 rings (SSSR count). The smallest absolute Gasteiger partial charge is 0.493 e. The summed E-state index contributed by atoms with van der Waals surface area (Å²) in [6.45, 7) is 3.65. The van der Waals surface area contributed by atoms with Crippen molar-refractivity contribution >= 4 is 6.16 Å². The summed E-state index contributed by atoms with van der Waals surface area (Å²) in [5, 5.41) is 0. The molecule has 1 unspecified atom stereocenters. The molecule has 0 aliphatic carbocycles. The molecule has 0 heterocycles. The van der Waals surface area contributed by atoms with Gasteiger partial charge in [-0.05, 0) is 17.7 Å². The number of ether oxygens (including phenoxy) is 4. The molecule has 0 saturated heterocycles. The summed E-state index contributed by atoms with van der Waals surface area (Å²) in [6.07, 6.45) is 0.945. The van der Waals surface area contributed by atoms with Gasteiger partial charge in [0.1, 0.15) is 6.10 Å². The molecule has 0 aliphatic heterocycles. The van der Waals surface area contributed by atoms with E-state index in [0.717, 1.165) is 5.56 Å². The van der Waals surface area contributed by atoms with Gasteiger partial charge in [-0.2, -0.15) is 0 Å². The average Bonchev–Trinajstić information content (AvgIpc) is 2.45. The summed E-state index contributed by atoms with van der Waals surface area (Å²) < 4.78 is 20.0. The Morgan fingerprint density at radius 1 is 1.26 bits per heavy atom. The Bertz CT molecular complexity index is 441. The second-order valence-corrected chi connectivity index (χ2v) is 3.70. The molecule has 1 aromatic carbocycles. The van der Waals surface area contributed by atoms with E-state index in [1.54, 1.807) is 38.5 Å². The van der Waals surface area contributed by atoms with Crippen LogP contribution in [0.15, 0.2) is 30.9 Å². The van der Waals surface area contributed by atoms with Crippen molar-refractivity contribution in [3.63, 3.8) is 0 Å². The first kappa shape index (κ1) is 14.9. The normalized spacial score (nSPS) is 11.3. The van der Waals surface area contributed by atoms with Gasteiger partial charge in [-0.15, -0.1) is 6.58 Å². The lowest BCUT2D eigenvalue weighted by atomic mass is 10.1. The second-order valence-electron chi connectivity index (χ2n) is 3.70. The van der Waals surface area contributed by atoms with E-state index in [4.69, 9.17) is 14.2 Å². The van der Waals surface area contributed by atoms with Gasteiger partial charge in [0.2, 0.25) is 0 Å². The minimum Gasteiger partial charge on any atom is -0.493 e. The molecule has 1 aromatic rings. The molecule has 5 heteroatoms. The Morgan fingerprint density at radius 2 is 1.95 bits per heavy atom. The van der Waals surface area contributed by atoms with E-state index in [2.05, 4.69) is 11.3 Å². The Kier molecular flexibility index (Phi) is 5.73. The summed E-state index contributed by atoms with van der Waals surface area (Å²) in [5.41, 5.74) is 0.781. The van der Waals surface area contributed by atoms with Gasteiger partial charge in [-0.3, -0.25) is 0 Å². The third-order valence-corrected chi connectivity index (χ3v) is 2.57. The molecule has 0 saturated carbocycles. The van der Waals surface area contributed by atoms with E-state index >= 15 is 0 Å². The highest BCUT2D eigenvalue weighted by molar-refractivity contribution is 5.60. The fourth-order valence-corrected chi connectivity index (χ4v) is 1.62. The summed E-state index contributed by atoms with van der Waals surface area (Å²) in [5.74, 6) is 1.18.